The number of nitrogens with zero attached hydrogens (tertiary/aromatic N) is 3. The van der Waals surface area contributed by atoms with Crippen molar-refractivity contribution >= 4 is 34.3 Å². The van der Waals surface area contributed by atoms with Crippen LogP contribution in [0, 0.1) is 0 Å². The molecule has 0 radical (unpaired) electrons. The van der Waals surface area contributed by atoms with E-state index in [0.717, 1.165) is 30.8 Å². The highest BCUT2D eigenvalue weighted by atomic mass is 32.1. The molecule has 1 fully saturated rings. The quantitative estimate of drug-likeness (QED) is 0.828. The first-order chi connectivity index (χ1) is 11.8. The Morgan fingerprint density at radius 1 is 1.12 bits per heavy atom. The summed E-state index contributed by atoms with van der Waals surface area (Å²) in [5, 5.41) is 14.8. The number of carbonyl (C=O) groups is 1. The first-order valence-electron chi connectivity index (χ1n) is 8.48. The third kappa shape index (κ3) is 3.31. The van der Waals surface area contributed by atoms with E-state index >= 15 is 0 Å². The minimum atomic E-state index is 0.0449. The molecule has 0 N–H and O–H groups in total. The van der Waals surface area contributed by atoms with Gasteiger partial charge in [-0.25, -0.2) is 5.01 Å². The highest BCUT2D eigenvalue weighted by Gasteiger charge is 2.34. The summed E-state index contributed by atoms with van der Waals surface area (Å²) in [5.74, 6) is 0.123. The molecule has 0 spiro atoms. The van der Waals surface area contributed by atoms with Crippen LogP contribution < -0.4 is 0 Å². The summed E-state index contributed by atoms with van der Waals surface area (Å²) in [5.41, 5.74) is 3.37. The predicted octanol–water partition coefficient (Wildman–Crippen LogP) is 3.97. The molecule has 2 aliphatic rings. The van der Waals surface area contributed by atoms with Gasteiger partial charge in [0, 0.05) is 12.0 Å². The van der Waals surface area contributed by atoms with Crippen molar-refractivity contribution in [2.75, 3.05) is 19.6 Å². The third-order valence-corrected chi connectivity index (χ3v) is 6.14. The number of hydrogen-bond acceptors (Lipinski definition) is 5. The predicted molar refractivity (Wildman–Crippen MR) is 99.7 cm³/mol. The van der Waals surface area contributed by atoms with E-state index in [4.69, 9.17) is 5.10 Å². The maximum atomic E-state index is 12.9. The van der Waals surface area contributed by atoms with E-state index in [1.807, 2.05) is 0 Å². The van der Waals surface area contributed by atoms with Crippen LogP contribution in [0.5, 0.6) is 0 Å². The average Bonchev–Trinajstić information content (AvgIpc) is 3.35. The van der Waals surface area contributed by atoms with Crippen LogP contribution in [0.2, 0.25) is 0 Å². The second-order valence-corrected chi connectivity index (χ2v) is 7.97. The highest BCUT2D eigenvalue weighted by Crippen LogP contribution is 2.34. The fourth-order valence-corrected chi connectivity index (χ4v) is 4.82. The molecular formula is C18H21N3OS2. The number of carbonyl (C=O) groups excluding carboxylic acids is 1. The van der Waals surface area contributed by atoms with Crippen LogP contribution in [0.15, 0.2) is 38.8 Å². The van der Waals surface area contributed by atoms with Gasteiger partial charge in [-0.2, -0.15) is 27.8 Å². The molecule has 2 aromatic rings. The molecule has 126 valence electrons. The molecule has 4 rings (SSSR count). The molecule has 0 aromatic carbocycles. The fourth-order valence-electron chi connectivity index (χ4n) is 3.45. The third-order valence-electron chi connectivity index (χ3n) is 4.76. The smallest absolute Gasteiger partial charge is 0.257 e. The molecule has 0 bridgehead atoms. The van der Waals surface area contributed by atoms with E-state index in [1.54, 1.807) is 27.7 Å². The Kier molecular flexibility index (Phi) is 4.78. The molecule has 4 nitrogen and oxygen atoms in total. The standard InChI is InChI=1S/C18H21N3OS2/c22-18(11-20-6-2-1-3-7-20)21-17(15-5-9-24-13-15)10-16(19-21)14-4-8-23-12-14/h4-5,8-9,12-13,17H,1-3,6-7,10-11H2/t17-/m1/s1. The van der Waals surface area contributed by atoms with Crippen LogP contribution in [0.25, 0.3) is 0 Å². The van der Waals surface area contributed by atoms with Crippen LogP contribution in [0.4, 0.5) is 0 Å². The van der Waals surface area contributed by atoms with Crippen molar-refractivity contribution in [3.8, 4) is 0 Å². The first-order valence-corrected chi connectivity index (χ1v) is 10.4. The van der Waals surface area contributed by atoms with Gasteiger partial charge in [0.25, 0.3) is 5.91 Å². The van der Waals surface area contributed by atoms with E-state index < -0.39 is 0 Å². The lowest BCUT2D eigenvalue weighted by atomic mass is 10.0. The molecule has 1 amide bonds. The number of rotatable bonds is 4. The number of piperidine rings is 1. The first kappa shape index (κ1) is 16.0. The number of amides is 1. The second kappa shape index (κ2) is 7.17. The van der Waals surface area contributed by atoms with Gasteiger partial charge in [-0.15, -0.1) is 0 Å². The van der Waals surface area contributed by atoms with Gasteiger partial charge in [0.05, 0.1) is 18.3 Å². The minimum Gasteiger partial charge on any atom is -0.294 e. The van der Waals surface area contributed by atoms with Gasteiger partial charge >= 0.3 is 0 Å². The molecular weight excluding hydrogens is 338 g/mol. The topological polar surface area (TPSA) is 35.9 Å². The van der Waals surface area contributed by atoms with Crippen LogP contribution >= 0.6 is 22.7 Å². The molecule has 2 aromatic heterocycles. The van der Waals surface area contributed by atoms with Crippen molar-refractivity contribution in [1.82, 2.24) is 9.91 Å². The SMILES string of the molecule is O=C(CN1CCCCC1)N1N=C(c2ccsc2)C[C@@H]1c1ccsc1. The van der Waals surface area contributed by atoms with Gasteiger partial charge in [-0.1, -0.05) is 6.42 Å². The summed E-state index contributed by atoms with van der Waals surface area (Å²) in [4.78, 5) is 15.2. The molecule has 4 heterocycles. The zero-order chi connectivity index (χ0) is 16.4. The van der Waals surface area contributed by atoms with Crippen LogP contribution in [-0.2, 0) is 4.79 Å². The summed E-state index contributed by atoms with van der Waals surface area (Å²) < 4.78 is 0. The van der Waals surface area contributed by atoms with Gasteiger partial charge in [0.15, 0.2) is 0 Å². The van der Waals surface area contributed by atoms with Crippen molar-refractivity contribution in [3.05, 3.63) is 44.8 Å². The van der Waals surface area contributed by atoms with Gasteiger partial charge in [-0.3, -0.25) is 9.69 Å². The van der Waals surface area contributed by atoms with Gasteiger partial charge in [0.2, 0.25) is 0 Å². The van der Waals surface area contributed by atoms with E-state index in [1.165, 1.54) is 24.8 Å². The molecule has 0 aliphatic carbocycles. The van der Waals surface area contributed by atoms with Crippen LogP contribution in [-0.4, -0.2) is 41.2 Å². The lowest BCUT2D eigenvalue weighted by molar-refractivity contribution is -0.134. The summed E-state index contributed by atoms with van der Waals surface area (Å²) in [6, 6.07) is 4.25. The Labute approximate surface area is 150 Å². The average molecular weight is 360 g/mol. The zero-order valence-electron chi connectivity index (χ0n) is 13.6. The Morgan fingerprint density at radius 2 is 1.92 bits per heavy atom. The van der Waals surface area contributed by atoms with Gasteiger partial charge in [0.1, 0.15) is 0 Å². The molecule has 0 saturated carbocycles. The molecule has 6 heteroatoms. The lowest BCUT2D eigenvalue weighted by Gasteiger charge is -2.28. The van der Waals surface area contributed by atoms with E-state index in [0.29, 0.717) is 6.54 Å². The van der Waals surface area contributed by atoms with Gasteiger partial charge in [-0.05, 0) is 65.1 Å². The van der Waals surface area contributed by atoms with Crippen molar-refractivity contribution in [2.24, 2.45) is 5.10 Å². The van der Waals surface area contributed by atoms with Crippen molar-refractivity contribution in [3.63, 3.8) is 0 Å². The normalized spacial score (nSPS) is 21.9. The van der Waals surface area contributed by atoms with Crippen LogP contribution in [0.1, 0.15) is 42.9 Å². The summed E-state index contributed by atoms with van der Waals surface area (Å²) in [7, 11) is 0. The summed E-state index contributed by atoms with van der Waals surface area (Å²) in [6.45, 7) is 2.55. The Hall–Kier alpha value is -1.50. The van der Waals surface area contributed by atoms with Gasteiger partial charge < -0.3 is 0 Å². The maximum Gasteiger partial charge on any atom is 0.257 e. The largest absolute Gasteiger partial charge is 0.294 e. The Balaban J connectivity index is 1.55. The molecule has 24 heavy (non-hydrogen) atoms. The van der Waals surface area contributed by atoms with Crippen molar-refractivity contribution < 1.29 is 4.79 Å². The number of hydrogen-bond donors (Lipinski definition) is 0. The Morgan fingerprint density at radius 3 is 2.62 bits per heavy atom. The molecule has 1 saturated heterocycles. The lowest BCUT2D eigenvalue weighted by Crippen LogP contribution is -2.40. The highest BCUT2D eigenvalue weighted by molar-refractivity contribution is 7.08. The summed E-state index contributed by atoms with van der Waals surface area (Å²) in [6.07, 6.45) is 4.49. The Bertz CT molecular complexity index is 703. The maximum absolute atomic E-state index is 12.9. The van der Waals surface area contributed by atoms with Crippen LogP contribution in [0.3, 0.4) is 0 Å². The van der Waals surface area contributed by atoms with Crippen molar-refractivity contribution in [2.45, 2.75) is 31.7 Å². The molecule has 1 atom stereocenters. The number of hydrazone groups is 1. The van der Waals surface area contributed by atoms with E-state index in [9.17, 15) is 4.79 Å². The molecule has 2 aliphatic heterocycles. The number of likely N-dealkylation sites (tertiary alicyclic amines) is 1. The minimum absolute atomic E-state index is 0.0449. The molecule has 0 unspecified atom stereocenters. The number of thiophene rings is 2. The summed E-state index contributed by atoms with van der Waals surface area (Å²) >= 11 is 3.35. The van der Waals surface area contributed by atoms with Crippen molar-refractivity contribution in [1.29, 1.82) is 0 Å². The van der Waals surface area contributed by atoms with E-state index in [2.05, 4.69) is 38.6 Å². The fraction of sp³-hybridized carbons (Fsp3) is 0.444. The van der Waals surface area contributed by atoms with E-state index in [-0.39, 0.29) is 11.9 Å². The second-order valence-electron chi connectivity index (χ2n) is 6.41. The monoisotopic (exact) mass is 359 g/mol. The zero-order valence-corrected chi connectivity index (χ0v) is 15.2.